The van der Waals surface area contributed by atoms with Gasteiger partial charge < -0.3 is 0 Å². The van der Waals surface area contributed by atoms with Crippen LogP contribution in [0.5, 0.6) is 0 Å². The number of benzene rings is 1. The highest BCUT2D eigenvalue weighted by molar-refractivity contribution is 6.05. The van der Waals surface area contributed by atoms with Crippen molar-refractivity contribution >= 4 is 11.8 Å². The number of hydrogen-bond donors (Lipinski definition) is 0. The molecule has 0 aliphatic carbocycles. The lowest BCUT2D eigenvalue weighted by Crippen LogP contribution is -2.33. The van der Waals surface area contributed by atoms with Gasteiger partial charge in [0.05, 0.1) is 11.8 Å². The average Bonchev–Trinajstić information content (AvgIpc) is 2.85. The normalized spacial score (nSPS) is 26.4. The second-order valence-corrected chi connectivity index (χ2v) is 5.42. The number of fused-ring (bicyclic) bond motifs is 1. The molecule has 2 aliphatic heterocycles. The monoisotopic (exact) mass is 280 g/mol. The van der Waals surface area contributed by atoms with E-state index >= 15 is 0 Å². The molecule has 6 heteroatoms. The molecular formula is C14H14F2N2O2. The number of amides is 2. The van der Waals surface area contributed by atoms with E-state index in [0.29, 0.717) is 25.2 Å². The summed E-state index contributed by atoms with van der Waals surface area (Å²) in [7, 11) is 1.50. The molecule has 0 radical (unpaired) electrons. The van der Waals surface area contributed by atoms with Crippen LogP contribution >= 0.6 is 0 Å². The lowest BCUT2D eigenvalue weighted by atomic mass is 10.00. The third kappa shape index (κ3) is 2.10. The van der Waals surface area contributed by atoms with E-state index in [0.717, 1.165) is 6.07 Å². The van der Waals surface area contributed by atoms with Gasteiger partial charge in [-0.3, -0.25) is 19.4 Å². The summed E-state index contributed by atoms with van der Waals surface area (Å²) in [6, 6.07) is 3.37. The number of carbonyl (C=O) groups excluding carboxylic acids is 2. The molecule has 2 saturated heterocycles. The van der Waals surface area contributed by atoms with E-state index in [1.54, 1.807) is 0 Å². The third-order valence-electron chi connectivity index (χ3n) is 4.02. The first-order valence-electron chi connectivity index (χ1n) is 6.44. The van der Waals surface area contributed by atoms with Crippen LogP contribution in [0.25, 0.3) is 0 Å². The van der Waals surface area contributed by atoms with Crippen molar-refractivity contribution in [2.24, 2.45) is 11.8 Å². The zero-order valence-electron chi connectivity index (χ0n) is 11.0. The Morgan fingerprint density at radius 1 is 1.05 bits per heavy atom. The first-order chi connectivity index (χ1) is 9.45. The van der Waals surface area contributed by atoms with E-state index in [2.05, 4.69) is 0 Å². The van der Waals surface area contributed by atoms with E-state index in [1.165, 1.54) is 24.1 Å². The number of imide groups is 1. The number of carbonyl (C=O) groups is 2. The zero-order chi connectivity index (χ0) is 14.4. The van der Waals surface area contributed by atoms with Crippen LogP contribution in [0.1, 0.15) is 5.56 Å². The fourth-order valence-electron chi connectivity index (χ4n) is 3.08. The molecule has 0 bridgehead atoms. The van der Waals surface area contributed by atoms with Gasteiger partial charge in [-0.15, -0.1) is 0 Å². The first-order valence-corrected chi connectivity index (χ1v) is 6.44. The van der Waals surface area contributed by atoms with Crippen molar-refractivity contribution in [2.75, 3.05) is 20.1 Å². The van der Waals surface area contributed by atoms with Crippen molar-refractivity contribution in [1.82, 2.24) is 9.80 Å². The number of likely N-dealkylation sites (tertiary alicyclic amines) is 2. The average molecular weight is 280 g/mol. The van der Waals surface area contributed by atoms with Gasteiger partial charge >= 0.3 is 0 Å². The van der Waals surface area contributed by atoms with Gasteiger partial charge in [0, 0.05) is 32.7 Å². The van der Waals surface area contributed by atoms with Gasteiger partial charge in [0.15, 0.2) is 0 Å². The smallest absolute Gasteiger partial charge is 0.234 e. The van der Waals surface area contributed by atoms with Crippen LogP contribution in [0.2, 0.25) is 0 Å². The summed E-state index contributed by atoms with van der Waals surface area (Å²) in [6.45, 7) is 1.25. The molecule has 0 unspecified atom stereocenters. The molecule has 1 aromatic carbocycles. The van der Waals surface area contributed by atoms with Crippen molar-refractivity contribution in [2.45, 2.75) is 6.54 Å². The molecule has 2 fully saturated rings. The highest BCUT2D eigenvalue weighted by Gasteiger charge is 2.50. The van der Waals surface area contributed by atoms with Gasteiger partial charge in [-0.25, -0.2) is 8.78 Å². The van der Waals surface area contributed by atoms with Crippen molar-refractivity contribution < 1.29 is 18.4 Å². The molecule has 2 heterocycles. The number of nitrogens with zero attached hydrogens (tertiary/aromatic N) is 2. The second kappa shape index (κ2) is 4.63. The minimum absolute atomic E-state index is 0.159. The molecule has 2 amide bonds. The van der Waals surface area contributed by atoms with Gasteiger partial charge in [-0.2, -0.15) is 0 Å². The van der Waals surface area contributed by atoms with E-state index in [9.17, 15) is 18.4 Å². The maximum absolute atomic E-state index is 13.1. The van der Waals surface area contributed by atoms with Crippen molar-refractivity contribution in [3.8, 4) is 0 Å². The Labute approximate surface area is 115 Å². The van der Waals surface area contributed by atoms with Gasteiger partial charge in [0.2, 0.25) is 11.8 Å². The van der Waals surface area contributed by atoms with E-state index in [4.69, 9.17) is 0 Å². The standard InChI is InChI=1S/C14H14F2N2O2/c1-17-13(19)11-6-18(7-12(11)14(17)20)5-8-2-9(15)4-10(16)3-8/h2-4,11-12H,5-7H2,1H3/t11-,12+. The van der Waals surface area contributed by atoms with Crippen LogP contribution in [-0.4, -0.2) is 41.8 Å². The first kappa shape index (κ1) is 13.2. The quantitative estimate of drug-likeness (QED) is 0.759. The minimum atomic E-state index is -0.619. The molecule has 106 valence electrons. The number of halogens is 2. The number of rotatable bonds is 2. The van der Waals surface area contributed by atoms with Crippen molar-refractivity contribution in [3.63, 3.8) is 0 Å². The molecule has 4 nitrogen and oxygen atoms in total. The fraction of sp³-hybridized carbons (Fsp3) is 0.429. The SMILES string of the molecule is CN1C(=O)[C@H]2CN(Cc3cc(F)cc(F)c3)C[C@H]2C1=O. The molecule has 0 saturated carbocycles. The fourth-order valence-corrected chi connectivity index (χ4v) is 3.08. The zero-order valence-corrected chi connectivity index (χ0v) is 11.0. The Kier molecular flexibility index (Phi) is 3.05. The van der Waals surface area contributed by atoms with E-state index in [1.807, 2.05) is 4.90 Å². The third-order valence-corrected chi connectivity index (χ3v) is 4.02. The summed E-state index contributed by atoms with van der Waals surface area (Å²) in [6.07, 6.45) is 0. The van der Waals surface area contributed by atoms with Crippen LogP contribution in [0.3, 0.4) is 0 Å². The Hall–Kier alpha value is -1.82. The van der Waals surface area contributed by atoms with E-state index < -0.39 is 11.6 Å². The molecule has 20 heavy (non-hydrogen) atoms. The maximum Gasteiger partial charge on any atom is 0.234 e. The Morgan fingerprint density at radius 2 is 1.55 bits per heavy atom. The molecule has 0 N–H and O–H groups in total. The molecule has 2 aliphatic rings. The Morgan fingerprint density at radius 3 is 2.05 bits per heavy atom. The summed E-state index contributed by atoms with van der Waals surface area (Å²) in [4.78, 5) is 26.8. The van der Waals surface area contributed by atoms with Crippen LogP contribution in [0, 0.1) is 23.5 Å². The topological polar surface area (TPSA) is 40.6 Å². The predicted molar refractivity (Wildman–Crippen MR) is 66.4 cm³/mol. The van der Waals surface area contributed by atoms with Crippen LogP contribution in [0.4, 0.5) is 8.78 Å². The largest absolute Gasteiger partial charge is 0.297 e. The van der Waals surface area contributed by atoms with Crippen LogP contribution < -0.4 is 0 Å². The number of hydrogen-bond acceptors (Lipinski definition) is 3. The Bertz CT molecular complexity index is 546. The van der Waals surface area contributed by atoms with Gasteiger partial charge in [-0.05, 0) is 17.7 Å². The molecule has 0 aromatic heterocycles. The van der Waals surface area contributed by atoms with Crippen LogP contribution in [-0.2, 0) is 16.1 Å². The molecule has 2 atom stereocenters. The van der Waals surface area contributed by atoms with Crippen molar-refractivity contribution in [1.29, 1.82) is 0 Å². The summed E-state index contributed by atoms with van der Waals surface area (Å²) in [5.74, 6) is -2.18. The second-order valence-electron chi connectivity index (χ2n) is 5.42. The highest BCUT2D eigenvalue weighted by atomic mass is 19.1. The van der Waals surface area contributed by atoms with Crippen molar-refractivity contribution in [3.05, 3.63) is 35.4 Å². The summed E-state index contributed by atoms with van der Waals surface area (Å²) >= 11 is 0. The lowest BCUT2D eigenvalue weighted by Gasteiger charge is -2.18. The molecule has 1 aromatic rings. The van der Waals surface area contributed by atoms with Gasteiger partial charge in [-0.1, -0.05) is 0 Å². The summed E-state index contributed by atoms with van der Waals surface area (Å²) in [5, 5.41) is 0. The predicted octanol–water partition coefficient (Wildman–Crippen LogP) is 1.01. The lowest BCUT2D eigenvalue weighted by molar-refractivity contribution is -0.138. The molecule has 0 spiro atoms. The molecular weight excluding hydrogens is 266 g/mol. The van der Waals surface area contributed by atoms with E-state index in [-0.39, 0.29) is 23.7 Å². The maximum atomic E-state index is 13.1. The highest BCUT2D eigenvalue weighted by Crippen LogP contribution is 2.33. The summed E-state index contributed by atoms with van der Waals surface area (Å²) < 4.78 is 26.3. The van der Waals surface area contributed by atoms with Gasteiger partial charge in [0.1, 0.15) is 11.6 Å². The van der Waals surface area contributed by atoms with Crippen LogP contribution in [0.15, 0.2) is 18.2 Å². The molecule has 3 rings (SSSR count). The van der Waals surface area contributed by atoms with Gasteiger partial charge in [0.25, 0.3) is 0 Å². The Balaban J connectivity index is 1.73. The minimum Gasteiger partial charge on any atom is -0.297 e. The summed E-state index contributed by atoms with van der Waals surface area (Å²) in [5.41, 5.74) is 0.510.